The van der Waals surface area contributed by atoms with Gasteiger partial charge in [-0.25, -0.2) is 0 Å². The Bertz CT molecular complexity index is 715. The zero-order valence-corrected chi connectivity index (χ0v) is 14.4. The number of amides is 1. The van der Waals surface area contributed by atoms with E-state index in [0.29, 0.717) is 18.0 Å². The average molecular weight is 340 g/mol. The first-order valence-corrected chi connectivity index (χ1v) is 8.60. The van der Waals surface area contributed by atoms with E-state index in [-0.39, 0.29) is 18.4 Å². The SMILES string of the molecule is Cc1ccc(Oc2ccccc2NC(=O)CN2CCC(CO)C2)cc1. The molecule has 5 heteroatoms. The van der Waals surface area contributed by atoms with Crippen molar-refractivity contribution < 1.29 is 14.6 Å². The van der Waals surface area contributed by atoms with Crippen LogP contribution in [-0.4, -0.2) is 42.2 Å². The van der Waals surface area contributed by atoms with Gasteiger partial charge in [-0.1, -0.05) is 29.8 Å². The highest BCUT2D eigenvalue weighted by Gasteiger charge is 2.23. The van der Waals surface area contributed by atoms with E-state index >= 15 is 0 Å². The van der Waals surface area contributed by atoms with Gasteiger partial charge in [0.05, 0.1) is 12.2 Å². The molecule has 1 aliphatic heterocycles. The van der Waals surface area contributed by atoms with E-state index in [0.717, 1.165) is 25.3 Å². The number of aryl methyl sites for hydroxylation is 1. The van der Waals surface area contributed by atoms with Gasteiger partial charge in [0.25, 0.3) is 0 Å². The zero-order valence-electron chi connectivity index (χ0n) is 14.4. The molecule has 1 heterocycles. The highest BCUT2D eigenvalue weighted by atomic mass is 16.5. The van der Waals surface area contributed by atoms with Crippen LogP contribution in [-0.2, 0) is 4.79 Å². The molecule has 2 aromatic rings. The number of aliphatic hydroxyl groups excluding tert-OH is 1. The number of hydrogen-bond donors (Lipinski definition) is 2. The smallest absolute Gasteiger partial charge is 0.238 e. The number of aliphatic hydroxyl groups is 1. The van der Waals surface area contributed by atoms with Crippen LogP contribution in [0.2, 0.25) is 0 Å². The molecular weight excluding hydrogens is 316 g/mol. The lowest BCUT2D eigenvalue weighted by atomic mass is 10.1. The predicted octanol–water partition coefficient (Wildman–Crippen LogP) is 3.04. The topological polar surface area (TPSA) is 61.8 Å². The monoisotopic (exact) mass is 340 g/mol. The molecule has 0 spiro atoms. The van der Waals surface area contributed by atoms with E-state index in [1.807, 2.05) is 55.5 Å². The first-order valence-electron chi connectivity index (χ1n) is 8.60. The molecule has 25 heavy (non-hydrogen) atoms. The number of benzene rings is 2. The molecule has 0 radical (unpaired) electrons. The summed E-state index contributed by atoms with van der Waals surface area (Å²) < 4.78 is 5.91. The normalized spacial score (nSPS) is 17.4. The van der Waals surface area contributed by atoms with E-state index in [1.165, 1.54) is 5.56 Å². The van der Waals surface area contributed by atoms with Gasteiger partial charge in [0.15, 0.2) is 5.75 Å². The molecule has 0 aliphatic carbocycles. The quantitative estimate of drug-likeness (QED) is 0.848. The van der Waals surface area contributed by atoms with Gasteiger partial charge in [0, 0.05) is 13.2 Å². The summed E-state index contributed by atoms with van der Waals surface area (Å²) in [4.78, 5) is 14.4. The third-order valence-corrected chi connectivity index (χ3v) is 4.41. The predicted molar refractivity (Wildman–Crippen MR) is 98.0 cm³/mol. The Morgan fingerprint density at radius 2 is 2.00 bits per heavy atom. The third kappa shape index (κ3) is 4.81. The van der Waals surface area contributed by atoms with Crippen molar-refractivity contribution in [3.63, 3.8) is 0 Å². The minimum absolute atomic E-state index is 0.0708. The number of rotatable bonds is 6. The lowest BCUT2D eigenvalue weighted by Gasteiger charge is -2.16. The van der Waals surface area contributed by atoms with Crippen molar-refractivity contribution in [1.82, 2.24) is 4.90 Å². The molecule has 2 aromatic carbocycles. The number of ether oxygens (including phenoxy) is 1. The maximum Gasteiger partial charge on any atom is 0.238 e. The van der Waals surface area contributed by atoms with Gasteiger partial charge in [0.2, 0.25) is 5.91 Å². The minimum Gasteiger partial charge on any atom is -0.455 e. The maximum atomic E-state index is 12.3. The van der Waals surface area contributed by atoms with Crippen LogP contribution in [0.4, 0.5) is 5.69 Å². The molecule has 1 saturated heterocycles. The van der Waals surface area contributed by atoms with E-state index in [9.17, 15) is 9.90 Å². The summed E-state index contributed by atoms with van der Waals surface area (Å²) in [6.45, 7) is 4.16. The number of para-hydroxylation sites is 2. The lowest BCUT2D eigenvalue weighted by molar-refractivity contribution is -0.117. The molecule has 1 atom stereocenters. The maximum absolute atomic E-state index is 12.3. The number of likely N-dealkylation sites (tertiary alicyclic amines) is 1. The summed E-state index contributed by atoms with van der Waals surface area (Å²) in [5, 5.41) is 12.1. The van der Waals surface area contributed by atoms with E-state index in [2.05, 4.69) is 10.2 Å². The molecule has 1 fully saturated rings. The summed E-state index contributed by atoms with van der Waals surface area (Å²) in [6.07, 6.45) is 0.941. The largest absolute Gasteiger partial charge is 0.455 e. The molecule has 2 N–H and O–H groups in total. The summed E-state index contributed by atoms with van der Waals surface area (Å²) in [5.74, 6) is 1.57. The van der Waals surface area contributed by atoms with Crippen LogP contribution in [0.3, 0.4) is 0 Å². The number of hydrogen-bond acceptors (Lipinski definition) is 4. The van der Waals surface area contributed by atoms with Crippen molar-refractivity contribution in [3.05, 3.63) is 54.1 Å². The Hall–Kier alpha value is -2.37. The van der Waals surface area contributed by atoms with Gasteiger partial charge in [-0.15, -0.1) is 0 Å². The van der Waals surface area contributed by atoms with Gasteiger partial charge >= 0.3 is 0 Å². The molecule has 0 aromatic heterocycles. The second-order valence-corrected chi connectivity index (χ2v) is 6.53. The molecule has 1 aliphatic rings. The Kier molecular flexibility index (Phi) is 5.68. The van der Waals surface area contributed by atoms with Crippen LogP contribution in [0.5, 0.6) is 11.5 Å². The molecule has 0 saturated carbocycles. The third-order valence-electron chi connectivity index (χ3n) is 4.41. The highest BCUT2D eigenvalue weighted by molar-refractivity contribution is 5.93. The van der Waals surface area contributed by atoms with Gasteiger partial charge in [-0.3, -0.25) is 9.69 Å². The Balaban J connectivity index is 1.62. The van der Waals surface area contributed by atoms with Gasteiger partial charge in [0.1, 0.15) is 5.75 Å². The highest BCUT2D eigenvalue weighted by Crippen LogP contribution is 2.29. The van der Waals surface area contributed by atoms with Gasteiger partial charge in [-0.2, -0.15) is 0 Å². The van der Waals surface area contributed by atoms with E-state index < -0.39 is 0 Å². The lowest BCUT2D eigenvalue weighted by Crippen LogP contribution is -2.32. The van der Waals surface area contributed by atoms with Crippen molar-refractivity contribution in [2.24, 2.45) is 5.92 Å². The summed E-state index contributed by atoms with van der Waals surface area (Å²) in [6, 6.07) is 15.2. The number of nitrogens with one attached hydrogen (secondary N) is 1. The minimum atomic E-state index is -0.0708. The molecule has 0 bridgehead atoms. The number of anilines is 1. The Labute approximate surface area is 148 Å². The molecule has 1 amide bonds. The Morgan fingerprint density at radius 3 is 2.72 bits per heavy atom. The first kappa shape index (κ1) is 17.5. The van der Waals surface area contributed by atoms with Crippen molar-refractivity contribution >= 4 is 11.6 Å². The second-order valence-electron chi connectivity index (χ2n) is 6.53. The summed E-state index contributed by atoms with van der Waals surface area (Å²) in [7, 11) is 0. The van der Waals surface area contributed by atoms with Crippen LogP contribution in [0.1, 0.15) is 12.0 Å². The summed E-state index contributed by atoms with van der Waals surface area (Å²) >= 11 is 0. The van der Waals surface area contributed by atoms with Gasteiger partial charge in [-0.05, 0) is 50.1 Å². The van der Waals surface area contributed by atoms with Crippen molar-refractivity contribution in [3.8, 4) is 11.5 Å². The zero-order chi connectivity index (χ0) is 17.6. The molecule has 3 rings (SSSR count). The van der Waals surface area contributed by atoms with Crippen LogP contribution < -0.4 is 10.1 Å². The van der Waals surface area contributed by atoms with Crippen molar-refractivity contribution in [1.29, 1.82) is 0 Å². The van der Waals surface area contributed by atoms with Crippen LogP contribution in [0, 0.1) is 12.8 Å². The molecule has 1 unspecified atom stereocenters. The van der Waals surface area contributed by atoms with Crippen LogP contribution >= 0.6 is 0 Å². The second kappa shape index (κ2) is 8.14. The van der Waals surface area contributed by atoms with E-state index in [4.69, 9.17) is 4.74 Å². The van der Waals surface area contributed by atoms with E-state index in [1.54, 1.807) is 0 Å². The fourth-order valence-corrected chi connectivity index (χ4v) is 2.99. The molecule has 132 valence electrons. The summed E-state index contributed by atoms with van der Waals surface area (Å²) in [5.41, 5.74) is 1.83. The standard InChI is InChI=1S/C20H24N2O3/c1-15-6-8-17(9-7-15)25-19-5-3-2-4-18(19)21-20(24)13-22-11-10-16(12-22)14-23/h2-9,16,23H,10-14H2,1H3,(H,21,24). The van der Waals surface area contributed by atoms with Crippen LogP contribution in [0.25, 0.3) is 0 Å². The van der Waals surface area contributed by atoms with Gasteiger partial charge < -0.3 is 15.2 Å². The molecule has 5 nitrogen and oxygen atoms in total. The first-order chi connectivity index (χ1) is 12.1. The van der Waals surface area contributed by atoms with Crippen molar-refractivity contribution in [2.75, 3.05) is 31.6 Å². The number of carbonyl (C=O) groups is 1. The molecular formula is C20H24N2O3. The van der Waals surface area contributed by atoms with Crippen molar-refractivity contribution in [2.45, 2.75) is 13.3 Å². The number of carbonyl (C=O) groups excluding carboxylic acids is 1. The number of nitrogens with zero attached hydrogens (tertiary/aromatic N) is 1. The fraction of sp³-hybridized carbons (Fsp3) is 0.350. The fourth-order valence-electron chi connectivity index (χ4n) is 2.99. The Morgan fingerprint density at radius 1 is 1.24 bits per heavy atom. The average Bonchev–Trinajstić information content (AvgIpc) is 3.06. The van der Waals surface area contributed by atoms with Crippen LogP contribution in [0.15, 0.2) is 48.5 Å².